The number of para-hydroxylation sites is 1. The van der Waals surface area contributed by atoms with Crippen LogP contribution in [0.2, 0.25) is 0 Å². The molecule has 0 aliphatic rings. The summed E-state index contributed by atoms with van der Waals surface area (Å²) in [6, 6.07) is 8.71. The summed E-state index contributed by atoms with van der Waals surface area (Å²) in [5, 5.41) is 8.63. The Labute approximate surface area is 95.1 Å². The number of benzene rings is 1. The number of phenols is 1. The normalized spacial score (nSPS) is 6.75. The number of hydrogen-bond donors (Lipinski definition) is 1. The van der Waals surface area contributed by atoms with Crippen molar-refractivity contribution in [3.63, 3.8) is 0 Å². The zero-order valence-corrected chi connectivity index (χ0v) is 9.23. The zero-order valence-electron chi connectivity index (χ0n) is 8.23. The number of carbonyl (C=O) groups is 1. The number of aromatic hydroxyl groups is 1. The summed E-state index contributed by atoms with van der Waals surface area (Å²) in [5.74, 6) is 0.322. The van der Waals surface area contributed by atoms with Crippen LogP contribution in [0.4, 0.5) is 0 Å². The van der Waals surface area contributed by atoms with Gasteiger partial charge in [-0.3, -0.25) is 4.79 Å². The van der Waals surface area contributed by atoms with Crippen LogP contribution >= 0.6 is 0 Å². The molecule has 0 saturated carbocycles. The van der Waals surface area contributed by atoms with Gasteiger partial charge in [0.1, 0.15) is 5.75 Å². The van der Waals surface area contributed by atoms with E-state index >= 15 is 0 Å². The van der Waals surface area contributed by atoms with Crippen LogP contribution in [0.5, 0.6) is 5.75 Å². The van der Waals surface area contributed by atoms with Gasteiger partial charge in [0.25, 0.3) is 6.47 Å². The third-order valence-corrected chi connectivity index (χ3v) is 0.852. The second-order valence-corrected chi connectivity index (χ2v) is 1.67. The molecule has 0 aliphatic carbocycles. The van der Waals surface area contributed by atoms with Gasteiger partial charge in [-0.2, -0.15) is 0 Å². The van der Waals surface area contributed by atoms with Gasteiger partial charge in [0, 0.05) is 0 Å². The second kappa shape index (κ2) is 10.5. The van der Waals surface area contributed by atoms with E-state index < -0.39 is 0 Å². The van der Waals surface area contributed by atoms with Gasteiger partial charge in [0.05, 0.1) is 7.11 Å². The summed E-state index contributed by atoms with van der Waals surface area (Å²) < 4.78 is 3.86. The topological polar surface area (TPSA) is 46.5 Å². The molecule has 1 N–H and O–H groups in total. The molecule has 4 heteroatoms. The molecule has 0 bridgehead atoms. The molecular formula is C8H11NaO3. The number of methoxy groups -OCH3 is 1. The summed E-state index contributed by atoms with van der Waals surface area (Å²) in [6.07, 6.45) is 0. The van der Waals surface area contributed by atoms with Crippen LogP contribution in [0.15, 0.2) is 30.3 Å². The summed E-state index contributed by atoms with van der Waals surface area (Å²) in [5.41, 5.74) is 0. The molecule has 0 spiro atoms. The molecule has 0 fully saturated rings. The minimum Gasteiger partial charge on any atom is -1.00 e. The van der Waals surface area contributed by atoms with Gasteiger partial charge >= 0.3 is 29.6 Å². The molecule has 0 unspecified atom stereocenters. The van der Waals surface area contributed by atoms with Gasteiger partial charge in [0.2, 0.25) is 0 Å². The quantitative estimate of drug-likeness (QED) is 0.412. The van der Waals surface area contributed by atoms with Crippen LogP contribution < -0.4 is 29.6 Å². The molecule has 0 saturated heterocycles. The predicted octanol–water partition coefficient (Wildman–Crippen LogP) is -1.70. The van der Waals surface area contributed by atoms with Gasteiger partial charge in [0.15, 0.2) is 0 Å². The fraction of sp³-hybridized carbons (Fsp3) is 0.125. The van der Waals surface area contributed by atoms with Crippen molar-refractivity contribution in [2.75, 3.05) is 7.11 Å². The van der Waals surface area contributed by atoms with E-state index in [2.05, 4.69) is 4.74 Å². The largest absolute Gasteiger partial charge is 1.00 e. The van der Waals surface area contributed by atoms with E-state index in [1.807, 2.05) is 6.07 Å². The summed E-state index contributed by atoms with van der Waals surface area (Å²) >= 11 is 0. The van der Waals surface area contributed by atoms with E-state index in [1.165, 1.54) is 7.11 Å². The smallest absolute Gasteiger partial charge is 1.00 e. The molecule has 0 atom stereocenters. The Hall–Kier alpha value is -0.510. The minimum atomic E-state index is 0. The molecule has 0 radical (unpaired) electrons. The Morgan fingerprint density at radius 1 is 1.42 bits per heavy atom. The fourth-order valence-corrected chi connectivity index (χ4v) is 0.428. The molecule has 0 aromatic heterocycles. The first kappa shape index (κ1) is 14.0. The number of ether oxygens (including phenoxy) is 1. The van der Waals surface area contributed by atoms with Crippen molar-refractivity contribution >= 4 is 6.47 Å². The third-order valence-electron chi connectivity index (χ3n) is 0.852. The molecule has 0 aliphatic heterocycles. The van der Waals surface area contributed by atoms with E-state index in [0.29, 0.717) is 12.2 Å². The maximum Gasteiger partial charge on any atom is 1.00 e. The van der Waals surface area contributed by atoms with Gasteiger partial charge < -0.3 is 11.3 Å². The first-order chi connectivity index (χ1) is 5.31. The molecule has 0 amide bonds. The monoisotopic (exact) mass is 178 g/mol. The second-order valence-electron chi connectivity index (χ2n) is 1.67. The van der Waals surface area contributed by atoms with Crippen molar-refractivity contribution in [3.05, 3.63) is 30.3 Å². The van der Waals surface area contributed by atoms with Crippen molar-refractivity contribution in [1.82, 2.24) is 0 Å². The molecular weight excluding hydrogens is 167 g/mol. The standard InChI is InChI=1S/C6H6O.C2H4O2.Na.H/c7-6-4-2-1-3-5-6;1-4-2-3;;/h1-5,7H;2H,1H3;;/q;;+1;-1. The van der Waals surface area contributed by atoms with Crippen LogP contribution in [0, 0.1) is 0 Å². The summed E-state index contributed by atoms with van der Waals surface area (Å²) in [4.78, 5) is 8.95. The van der Waals surface area contributed by atoms with Crippen molar-refractivity contribution < 1.29 is 45.6 Å². The number of rotatable bonds is 1. The van der Waals surface area contributed by atoms with Gasteiger partial charge in [-0.15, -0.1) is 0 Å². The Morgan fingerprint density at radius 2 is 1.83 bits per heavy atom. The number of carbonyl (C=O) groups excluding carboxylic acids is 1. The van der Waals surface area contributed by atoms with E-state index in [0.717, 1.165) is 0 Å². The summed E-state index contributed by atoms with van der Waals surface area (Å²) in [6.45, 7) is 0.375. The van der Waals surface area contributed by atoms with Gasteiger partial charge in [-0.1, -0.05) is 18.2 Å². The number of hydrogen-bond acceptors (Lipinski definition) is 3. The maximum absolute atomic E-state index is 8.95. The molecule has 1 aromatic carbocycles. The number of phenolic OH excluding ortho intramolecular Hbond substituents is 1. The molecule has 1 rings (SSSR count). The first-order valence-electron chi connectivity index (χ1n) is 3.01. The van der Waals surface area contributed by atoms with Gasteiger partial charge in [-0.05, 0) is 12.1 Å². The molecule has 3 nitrogen and oxygen atoms in total. The van der Waals surface area contributed by atoms with E-state index in [9.17, 15) is 0 Å². The molecule has 62 valence electrons. The average Bonchev–Trinajstić information content (AvgIpc) is 2.07. The fourth-order valence-electron chi connectivity index (χ4n) is 0.428. The maximum atomic E-state index is 8.95. The first-order valence-corrected chi connectivity index (χ1v) is 3.01. The minimum absolute atomic E-state index is 0. The van der Waals surface area contributed by atoms with E-state index in [1.54, 1.807) is 24.3 Å². The third kappa shape index (κ3) is 9.49. The predicted molar refractivity (Wildman–Crippen MR) is 42.3 cm³/mol. The van der Waals surface area contributed by atoms with Crippen LogP contribution in [-0.2, 0) is 9.53 Å². The van der Waals surface area contributed by atoms with Crippen molar-refractivity contribution in [2.45, 2.75) is 0 Å². The van der Waals surface area contributed by atoms with Crippen molar-refractivity contribution in [3.8, 4) is 5.75 Å². The zero-order chi connectivity index (χ0) is 8.53. The molecule has 1 aromatic rings. The van der Waals surface area contributed by atoms with E-state index in [-0.39, 0.29) is 31.0 Å². The van der Waals surface area contributed by atoms with Crippen LogP contribution in [0.1, 0.15) is 1.43 Å². The average molecular weight is 178 g/mol. The van der Waals surface area contributed by atoms with E-state index in [4.69, 9.17) is 9.90 Å². The Morgan fingerprint density at radius 3 is 2.00 bits per heavy atom. The Bertz CT molecular complexity index is 194. The van der Waals surface area contributed by atoms with Gasteiger partial charge in [-0.25, -0.2) is 0 Å². The van der Waals surface area contributed by atoms with Crippen molar-refractivity contribution in [2.24, 2.45) is 0 Å². The molecule has 0 heterocycles. The Balaban J connectivity index is -0.000000150. The van der Waals surface area contributed by atoms with Crippen LogP contribution in [0.3, 0.4) is 0 Å². The van der Waals surface area contributed by atoms with Crippen LogP contribution in [-0.4, -0.2) is 18.7 Å². The summed E-state index contributed by atoms with van der Waals surface area (Å²) in [7, 11) is 1.31. The SMILES string of the molecule is COC=O.Oc1ccccc1.[H-].[Na+]. The Kier molecular flexibility index (Phi) is 12.3. The van der Waals surface area contributed by atoms with Crippen LogP contribution in [0.25, 0.3) is 0 Å². The van der Waals surface area contributed by atoms with Crippen molar-refractivity contribution in [1.29, 1.82) is 0 Å². The molecule has 12 heavy (non-hydrogen) atoms.